The molecule has 2 rings (SSSR count). The maximum atomic E-state index is 12.4. The van der Waals surface area contributed by atoms with Gasteiger partial charge in [-0.25, -0.2) is 14.8 Å². The largest absolute Gasteiger partial charge is 0.355 e. The van der Waals surface area contributed by atoms with Crippen LogP contribution in [0.25, 0.3) is 0 Å². The third kappa shape index (κ3) is 4.91. The number of carbonyl (C=O) groups excluding carboxylic acids is 2. The second kappa shape index (κ2) is 8.08. The maximum Gasteiger partial charge on any atom is 0.319 e. The highest BCUT2D eigenvalue weighted by Crippen LogP contribution is 2.17. The van der Waals surface area contributed by atoms with Crippen molar-refractivity contribution in [1.29, 1.82) is 0 Å². The molecule has 0 radical (unpaired) electrons. The van der Waals surface area contributed by atoms with Crippen LogP contribution in [0.5, 0.6) is 0 Å². The number of urea groups is 1. The fourth-order valence-corrected chi connectivity index (χ4v) is 3.00. The molecule has 2 heterocycles. The van der Waals surface area contributed by atoms with Gasteiger partial charge in [0.15, 0.2) is 0 Å². The van der Waals surface area contributed by atoms with Crippen molar-refractivity contribution in [2.45, 2.75) is 33.1 Å². The Balaban J connectivity index is 1.82. The van der Waals surface area contributed by atoms with Gasteiger partial charge < -0.3 is 15.1 Å². The number of carbonyl (C=O) groups is 2. The predicted octanol–water partition coefficient (Wildman–Crippen LogP) is 1.15. The molecule has 1 aromatic heterocycles. The van der Waals surface area contributed by atoms with E-state index in [1.54, 1.807) is 23.9 Å². The molecule has 1 fully saturated rings. The van der Waals surface area contributed by atoms with Crippen molar-refractivity contribution >= 4 is 11.9 Å². The van der Waals surface area contributed by atoms with Gasteiger partial charge in [-0.3, -0.25) is 4.79 Å². The number of amides is 3. The molecule has 1 aromatic rings. The summed E-state index contributed by atoms with van der Waals surface area (Å²) >= 11 is 0. The van der Waals surface area contributed by atoms with E-state index in [1.807, 2.05) is 19.9 Å². The summed E-state index contributed by atoms with van der Waals surface area (Å²) < 4.78 is 0. The Morgan fingerprint density at radius 3 is 2.58 bits per heavy atom. The number of likely N-dealkylation sites (tertiary alicyclic amines) is 1. The van der Waals surface area contributed by atoms with Gasteiger partial charge >= 0.3 is 6.03 Å². The number of rotatable bonds is 4. The van der Waals surface area contributed by atoms with E-state index in [0.717, 1.165) is 36.6 Å². The Morgan fingerprint density at radius 2 is 1.96 bits per heavy atom. The lowest BCUT2D eigenvalue weighted by Crippen LogP contribution is -2.48. The van der Waals surface area contributed by atoms with E-state index in [1.165, 1.54) is 0 Å². The van der Waals surface area contributed by atoms with Crippen LogP contribution < -0.4 is 5.32 Å². The fourth-order valence-electron chi connectivity index (χ4n) is 3.00. The quantitative estimate of drug-likeness (QED) is 0.896. The average Bonchev–Trinajstić information content (AvgIpc) is 2.53. The molecule has 0 aliphatic carbocycles. The van der Waals surface area contributed by atoms with Crippen molar-refractivity contribution in [1.82, 2.24) is 25.1 Å². The molecule has 1 N–H and O–H groups in total. The molecule has 0 aromatic carbocycles. The molecule has 0 spiro atoms. The molecule has 7 nitrogen and oxygen atoms in total. The third-order valence-electron chi connectivity index (χ3n) is 4.12. The van der Waals surface area contributed by atoms with E-state index >= 15 is 0 Å². The lowest BCUT2D eigenvalue weighted by molar-refractivity contribution is -0.126. The second-order valence-corrected chi connectivity index (χ2v) is 6.57. The predicted molar refractivity (Wildman–Crippen MR) is 91.6 cm³/mol. The lowest BCUT2D eigenvalue weighted by atomic mass is 9.97. The molecule has 1 atom stereocenters. The molecule has 0 bridgehead atoms. The minimum absolute atomic E-state index is 0.00984. The fraction of sp³-hybridized carbons (Fsp3) is 0.647. The molecule has 1 saturated heterocycles. The number of hydrogen-bond acceptors (Lipinski definition) is 4. The Hall–Kier alpha value is -2.18. The first-order valence-corrected chi connectivity index (χ1v) is 8.42. The zero-order valence-corrected chi connectivity index (χ0v) is 15.0. The van der Waals surface area contributed by atoms with Crippen LogP contribution in [0, 0.1) is 19.8 Å². The summed E-state index contributed by atoms with van der Waals surface area (Å²) in [5.41, 5.74) is 1.88. The summed E-state index contributed by atoms with van der Waals surface area (Å²) in [6, 6.07) is 1.90. The molecule has 1 aliphatic heterocycles. The third-order valence-corrected chi connectivity index (χ3v) is 4.12. The van der Waals surface area contributed by atoms with Crippen LogP contribution >= 0.6 is 0 Å². The Labute approximate surface area is 143 Å². The molecule has 24 heavy (non-hydrogen) atoms. The van der Waals surface area contributed by atoms with Crippen LogP contribution in [0.3, 0.4) is 0 Å². The summed E-state index contributed by atoms with van der Waals surface area (Å²) in [5.74, 6) is 0.624. The first-order chi connectivity index (χ1) is 11.4. The number of nitrogens with zero attached hydrogens (tertiary/aromatic N) is 4. The van der Waals surface area contributed by atoms with Gasteiger partial charge in [0.2, 0.25) is 5.91 Å². The van der Waals surface area contributed by atoms with E-state index in [2.05, 4.69) is 15.3 Å². The van der Waals surface area contributed by atoms with Crippen molar-refractivity contribution in [3.05, 3.63) is 23.3 Å². The van der Waals surface area contributed by atoms with Crippen molar-refractivity contribution in [3.8, 4) is 0 Å². The summed E-state index contributed by atoms with van der Waals surface area (Å²) in [7, 11) is 3.46. The van der Waals surface area contributed by atoms with Gasteiger partial charge in [0.1, 0.15) is 5.82 Å². The summed E-state index contributed by atoms with van der Waals surface area (Å²) in [5, 5.41) is 2.96. The van der Waals surface area contributed by atoms with Crippen LogP contribution in [-0.2, 0) is 11.2 Å². The molecular formula is C17H27N5O2. The van der Waals surface area contributed by atoms with Crippen LogP contribution in [0.4, 0.5) is 4.79 Å². The van der Waals surface area contributed by atoms with E-state index in [4.69, 9.17) is 0 Å². The minimum Gasteiger partial charge on any atom is -0.355 e. The summed E-state index contributed by atoms with van der Waals surface area (Å²) in [6.45, 7) is 5.60. The molecule has 7 heteroatoms. The Bertz CT molecular complexity index is 582. The number of hydrogen-bond donors (Lipinski definition) is 1. The molecule has 1 aliphatic rings. The number of piperidine rings is 1. The van der Waals surface area contributed by atoms with Gasteiger partial charge in [-0.1, -0.05) is 0 Å². The van der Waals surface area contributed by atoms with Crippen molar-refractivity contribution in [3.63, 3.8) is 0 Å². The Kier molecular flexibility index (Phi) is 6.11. The molecule has 0 saturated carbocycles. The van der Waals surface area contributed by atoms with E-state index in [9.17, 15) is 9.59 Å². The first kappa shape index (κ1) is 18.2. The van der Waals surface area contributed by atoms with Crippen molar-refractivity contribution in [2.24, 2.45) is 5.92 Å². The summed E-state index contributed by atoms with van der Waals surface area (Å²) in [6.07, 6.45) is 2.29. The van der Waals surface area contributed by atoms with E-state index in [-0.39, 0.29) is 17.9 Å². The van der Waals surface area contributed by atoms with Gasteiger partial charge in [-0.15, -0.1) is 0 Å². The van der Waals surface area contributed by atoms with E-state index in [0.29, 0.717) is 19.5 Å². The number of aryl methyl sites for hydroxylation is 2. The average molecular weight is 333 g/mol. The topological polar surface area (TPSA) is 78.4 Å². The zero-order valence-electron chi connectivity index (χ0n) is 15.0. The van der Waals surface area contributed by atoms with Gasteiger partial charge in [0.05, 0.1) is 5.92 Å². The highest BCUT2D eigenvalue weighted by molar-refractivity contribution is 5.80. The SMILES string of the molecule is Cc1cc(C)nc(CCNC(=O)[C@H]2CCCN(C(=O)N(C)C)C2)n1. The van der Waals surface area contributed by atoms with Crippen LogP contribution in [0.2, 0.25) is 0 Å². The first-order valence-electron chi connectivity index (χ1n) is 8.42. The molecule has 0 unspecified atom stereocenters. The minimum atomic E-state index is -0.136. The Morgan fingerprint density at radius 1 is 1.29 bits per heavy atom. The highest BCUT2D eigenvalue weighted by atomic mass is 16.2. The van der Waals surface area contributed by atoms with Gasteiger partial charge in [0.25, 0.3) is 0 Å². The van der Waals surface area contributed by atoms with E-state index < -0.39 is 0 Å². The van der Waals surface area contributed by atoms with Crippen LogP contribution in [0.1, 0.15) is 30.1 Å². The van der Waals surface area contributed by atoms with Crippen LogP contribution in [0.15, 0.2) is 6.07 Å². The maximum absolute atomic E-state index is 12.4. The van der Waals surface area contributed by atoms with Gasteiger partial charge in [-0.05, 0) is 32.8 Å². The van der Waals surface area contributed by atoms with Crippen LogP contribution in [-0.4, -0.2) is 65.4 Å². The zero-order chi connectivity index (χ0) is 17.7. The van der Waals surface area contributed by atoms with Gasteiger partial charge in [-0.2, -0.15) is 0 Å². The van der Waals surface area contributed by atoms with Crippen molar-refractivity contribution in [2.75, 3.05) is 33.7 Å². The van der Waals surface area contributed by atoms with Crippen molar-refractivity contribution < 1.29 is 9.59 Å². The van der Waals surface area contributed by atoms with Gasteiger partial charge in [0, 0.05) is 51.5 Å². The summed E-state index contributed by atoms with van der Waals surface area (Å²) in [4.78, 5) is 36.4. The lowest BCUT2D eigenvalue weighted by Gasteiger charge is -2.33. The monoisotopic (exact) mass is 333 g/mol. The number of nitrogens with one attached hydrogen (secondary N) is 1. The number of aromatic nitrogens is 2. The normalized spacial score (nSPS) is 17.5. The standard InChI is InChI=1S/C17H27N5O2/c1-12-10-13(2)20-15(19-12)7-8-18-16(23)14-6-5-9-22(11-14)17(24)21(3)4/h10,14H,5-9,11H2,1-4H3,(H,18,23)/t14-/m0/s1. The second-order valence-electron chi connectivity index (χ2n) is 6.57. The smallest absolute Gasteiger partial charge is 0.319 e. The highest BCUT2D eigenvalue weighted by Gasteiger charge is 2.28. The molecule has 132 valence electrons. The molecular weight excluding hydrogens is 306 g/mol. The molecule has 3 amide bonds.